The summed E-state index contributed by atoms with van der Waals surface area (Å²) in [6, 6.07) is 14.2. The summed E-state index contributed by atoms with van der Waals surface area (Å²) in [4.78, 5) is 17.0. The number of nitrogens with zero attached hydrogens (tertiary/aromatic N) is 2. The molecule has 0 radical (unpaired) electrons. The summed E-state index contributed by atoms with van der Waals surface area (Å²) in [6.45, 7) is 6.69. The maximum absolute atomic E-state index is 12.4. The number of anilines is 1. The highest BCUT2D eigenvalue weighted by molar-refractivity contribution is 6.34. The minimum absolute atomic E-state index is 0.0351. The number of aliphatic hydroxyl groups excluding tert-OH is 1. The van der Waals surface area contributed by atoms with Crippen LogP contribution in [0.3, 0.4) is 0 Å². The Hall–Kier alpha value is -2.34. The van der Waals surface area contributed by atoms with Crippen molar-refractivity contribution in [3.63, 3.8) is 0 Å². The number of hydrogen-bond donors (Lipinski definition) is 2. The Morgan fingerprint density at radius 1 is 1.13 bits per heavy atom. The van der Waals surface area contributed by atoms with Crippen molar-refractivity contribution < 1.29 is 9.90 Å². The summed E-state index contributed by atoms with van der Waals surface area (Å²) in [5.74, 6) is -0.0351. The standard InChI is InChI=1S/C25H30ClN3O2/c1-18-5-4-8-23(24(18)26)29-13-11-28(12-14-29)17-22(30)9-10-27-25(31)21-15-19-6-2-3-7-20(19)16-21/h2-8,15,22,30H,9-14,16-17H2,1H3,(H,27,31). The second-order valence-electron chi connectivity index (χ2n) is 8.44. The van der Waals surface area contributed by atoms with Crippen LogP contribution in [-0.2, 0) is 11.2 Å². The van der Waals surface area contributed by atoms with Crippen molar-refractivity contribution in [3.8, 4) is 0 Å². The van der Waals surface area contributed by atoms with Gasteiger partial charge >= 0.3 is 0 Å². The molecule has 0 aromatic heterocycles. The average Bonchev–Trinajstić information content (AvgIpc) is 3.21. The SMILES string of the molecule is Cc1cccc(N2CCN(CC(O)CCNC(=O)C3=Cc4ccccc4C3)CC2)c1Cl. The quantitative estimate of drug-likeness (QED) is 0.695. The largest absolute Gasteiger partial charge is 0.392 e. The van der Waals surface area contributed by atoms with Crippen LogP contribution in [0, 0.1) is 6.92 Å². The van der Waals surface area contributed by atoms with Gasteiger partial charge in [0.15, 0.2) is 0 Å². The fraction of sp³-hybridized carbons (Fsp3) is 0.400. The lowest BCUT2D eigenvalue weighted by atomic mass is 10.1. The Kier molecular flexibility index (Phi) is 6.96. The van der Waals surface area contributed by atoms with Crippen LogP contribution in [0.5, 0.6) is 0 Å². The van der Waals surface area contributed by atoms with Gasteiger partial charge in [0.2, 0.25) is 5.91 Å². The molecule has 2 aromatic rings. The van der Waals surface area contributed by atoms with Crippen LogP contribution in [0.25, 0.3) is 6.08 Å². The molecule has 1 atom stereocenters. The van der Waals surface area contributed by atoms with Gasteiger partial charge in [-0.2, -0.15) is 0 Å². The van der Waals surface area contributed by atoms with Crippen molar-refractivity contribution in [1.82, 2.24) is 10.2 Å². The zero-order valence-electron chi connectivity index (χ0n) is 18.0. The molecule has 1 saturated heterocycles. The number of β-amino-alcohol motifs (C(OH)–C–C–N with tert-alkyl or cyclic N) is 1. The first kappa shape index (κ1) is 21.9. The molecule has 1 amide bonds. The zero-order valence-corrected chi connectivity index (χ0v) is 18.7. The number of benzene rings is 2. The minimum atomic E-state index is -0.454. The fourth-order valence-electron chi connectivity index (χ4n) is 4.33. The van der Waals surface area contributed by atoms with Gasteiger partial charge < -0.3 is 15.3 Å². The molecule has 164 valence electrons. The molecule has 1 fully saturated rings. The number of hydrogen-bond acceptors (Lipinski definition) is 4. The Labute approximate surface area is 189 Å². The topological polar surface area (TPSA) is 55.8 Å². The normalized spacial score (nSPS) is 17.3. The molecule has 1 aliphatic carbocycles. The van der Waals surface area contributed by atoms with E-state index in [4.69, 9.17) is 11.6 Å². The van der Waals surface area contributed by atoms with E-state index in [9.17, 15) is 9.90 Å². The van der Waals surface area contributed by atoms with E-state index in [0.717, 1.165) is 53.6 Å². The van der Waals surface area contributed by atoms with Gasteiger partial charge in [0, 0.05) is 51.3 Å². The predicted molar refractivity (Wildman–Crippen MR) is 127 cm³/mol. The monoisotopic (exact) mass is 439 g/mol. The van der Waals surface area contributed by atoms with Crippen LogP contribution in [0.15, 0.2) is 48.0 Å². The van der Waals surface area contributed by atoms with Crippen LogP contribution in [0.2, 0.25) is 5.02 Å². The molecular formula is C25H30ClN3O2. The zero-order chi connectivity index (χ0) is 21.8. The highest BCUT2D eigenvalue weighted by Gasteiger charge is 2.22. The number of aryl methyl sites for hydroxylation is 1. The van der Waals surface area contributed by atoms with Crippen LogP contribution in [0.1, 0.15) is 23.1 Å². The van der Waals surface area contributed by atoms with Crippen molar-refractivity contribution in [1.29, 1.82) is 0 Å². The van der Waals surface area contributed by atoms with Crippen molar-refractivity contribution >= 4 is 29.3 Å². The Balaban J connectivity index is 1.17. The van der Waals surface area contributed by atoms with Crippen molar-refractivity contribution in [2.24, 2.45) is 0 Å². The molecule has 1 unspecified atom stereocenters. The highest BCUT2D eigenvalue weighted by Crippen LogP contribution is 2.29. The number of aliphatic hydroxyl groups is 1. The number of halogens is 1. The number of fused-ring (bicyclic) bond motifs is 1. The lowest BCUT2D eigenvalue weighted by Gasteiger charge is -2.37. The number of carbonyl (C=O) groups excluding carboxylic acids is 1. The molecule has 5 nitrogen and oxygen atoms in total. The Morgan fingerprint density at radius 3 is 2.68 bits per heavy atom. The summed E-state index contributed by atoms with van der Waals surface area (Å²) < 4.78 is 0. The molecule has 1 heterocycles. The number of piperazine rings is 1. The molecule has 0 bridgehead atoms. The van der Waals surface area contributed by atoms with Gasteiger partial charge in [-0.05, 0) is 42.2 Å². The summed E-state index contributed by atoms with van der Waals surface area (Å²) in [6.07, 6.45) is 2.74. The summed E-state index contributed by atoms with van der Waals surface area (Å²) >= 11 is 6.47. The van der Waals surface area contributed by atoms with Crippen LogP contribution >= 0.6 is 11.6 Å². The minimum Gasteiger partial charge on any atom is -0.392 e. The van der Waals surface area contributed by atoms with Gasteiger partial charge in [-0.1, -0.05) is 48.0 Å². The van der Waals surface area contributed by atoms with E-state index in [1.807, 2.05) is 43.3 Å². The summed E-state index contributed by atoms with van der Waals surface area (Å²) in [7, 11) is 0. The first-order valence-electron chi connectivity index (χ1n) is 11.0. The van der Waals surface area contributed by atoms with E-state index in [1.54, 1.807) is 0 Å². The van der Waals surface area contributed by atoms with E-state index >= 15 is 0 Å². The number of carbonyl (C=O) groups is 1. The molecule has 0 spiro atoms. The fourth-order valence-corrected chi connectivity index (χ4v) is 4.57. The Bertz CT molecular complexity index is 967. The molecule has 4 rings (SSSR count). The van der Waals surface area contributed by atoms with Crippen molar-refractivity contribution in [2.45, 2.75) is 25.9 Å². The molecular weight excluding hydrogens is 410 g/mol. The molecule has 1 aliphatic heterocycles. The highest BCUT2D eigenvalue weighted by atomic mass is 35.5. The third-order valence-corrected chi connectivity index (χ3v) is 6.67. The van der Waals surface area contributed by atoms with Crippen LogP contribution in [-0.4, -0.2) is 61.3 Å². The number of amides is 1. The van der Waals surface area contributed by atoms with E-state index in [2.05, 4.69) is 27.2 Å². The first-order valence-corrected chi connectivity index (χ1v) is 11.4. The summed E-state index contributed by atoms with van der Waals surface area (Å²) in [5, 5.41) is 14.2. The molecule has 6 heteroatoms. The third kappa shape index (κ3) is 5.29. The van der Waals surface area contributed by atoms with Crippen molar-refractivity contribution in [3.05, 3.63) is 69.8 Å². The first-order chi connectivity index (χ1) is 15.0. The van der Waals surface area contributed by atoms with Crippen LogP contribution < -0.4 is 10.2 Å². The van der Waals surface area contributed by atoms with Gasteiger partial charge in [-0.3, -0.25) is 9.69 Å². The predicted octanol–water partition coefficient (Wildman–Crippen LogP) is 3.28. The number of rotatable bonds is 7. The second-order valence-corrected chi connectivity index (χ2v) is 8.82. The maximum Gasteiger partial charge on any atom is 0.247 e. The van der Waals surface area contributed by atoms with Gasteiger partial charge in [0.25, 0.3) is 0 Å². The molecule has 2 aliphatic rings. The van der Waals surface area contributed by atoms with Gasteiger partial charge in [0.1, 0.15) is 0 Å². The smallest absolute Gasteiger partial charge is 0.247 e. The van der Waals surface area contributed by atoms with E-state index in [1.165, 1.54) is 5.56 Å². The molecule has 2 aromatic carbocycles. The maximum atomic E-state index is 12.4. The molecule has 0 saturated carbocycles. The number of nitrogens with one attached hydrogen (secondary N) is 1. The van der Waals surface area contributed by atoms with Gasteiger partial charge in [0.05, 0.1) is 16.8 Å². The van der Waals surface area contributed by atoms with E-state index < -0.39 is 6.10 Å². The molecule has 2 N–H and O–H groups in total. The van der Waals surface area contributed by atoms with E-state index in [0.29, 0.717) is 25.9 Å². The Morgan fingerprint density at radius 2 is 1.90 bits per heavy atom. The van der Waals surface area contributed by atoms with Gasteiger partial charge in [-0.15, -0.1) is 0 Å². The summed E-state index contributed by atoms with van der Waals surface area (Å²) in [5.41, 5.74) is 5.29. The molecule has 31 heavy (non-hydrogen) atoms. The van der Waals surface area contributed by atoms with E-state index in [-0.39, 0.29) is 5.91 Å². The van der Waals surface area contributed by atoms with Gasteiger partial charge in [-0.25, -0.2) is 0 Å². The average molecular weight is 440 g/mol. The van der Waals surface area contributed by atoms with Crippen LogP contribution in [0.4, 0.5) is 5.69 Å². The lowest BCUT2D eigenvalue weighted by molar-refractivity contribution is -0.117. The lowest BCUT2D eigenvalue weighted by Crippen LogP contribution is -2.49. The third-order valence-electron chi connectivity index (χ3n) is 6.17. The van der Waals surface area contributed by atoms with Crippen molar-refractivity contribution in [2.75, 3.05) is 44.2 Å². The second kappa shape index (κ2) is 9.86.